The molecule has 1 saturated heterocycles. The van der Waals surface area contributed by atoms with Crippen LogP contribution in [0.3, 0.4) is 0 Å². The zero-order valence-corrected chi connectivity index (χ0v) is 9.61. The number of hydrogen-bond acceptors (Lipinski definition) is 3. The molecular weight excluding hydrogens is 222 g/mol. The number of aliphatic carboxylic acids is 1. The Kier molecular flexibility index (Phi) is 3.12. The van der Waals surface area contributed by atoms with Gasteiger partial charge in [-0.2, -0.15) is 5.10 Å². The standard InChI is InChI=1S/C11H15N3O3/c1-8(14-7-3-5-12-14)10(15)13-6-2-4-9(13)11(16)17/h3,5,7-9H,2,4,6H2,1H3,(H,16,17). The fraction of sp³-hybridized carbons (Fsp3) is 0.545. The molecule has 6 heteroatoms. The smallest absolute Gasteiger partial charge is 0.326 e. The number of likely N-dealkylation sites (tertiary alicyclic amines) is 1. The van der Waals surface area contributed by atoms with Gasteiger partial charge in [-0.05, 0) is 25.8 Å². The van der Waals surface area contributed by atoms with Crippen LogP contribution in [0, 0.1) is 0 Å². The predicted molar refractivity (Wildman–Crippen MR) is 59.3 cm³/mol. The zero-order chi connectivity index (χ0) is 12.4. The van der Waals surface area contributed by atoms with Crippen molar-refractivity contribution in [2.45, 2.75) is 31.8 Å². The lowest BCUT2D eigenvalue weighted by atomic mass is 10.2. The van der Waals surface area contributed by atoms with E-state index in [0.29, 0.717) is 13.0 Å². The number of nitrogens with zero attached hydrogens (tertiary/aromatic N) is 3. The first-order valence-corrected chi connectivity index (χ1v) is 5.63. The minimum atomic E-state index is -0.927. The summed E-state index contributed by atoms with van der Waals surface area (Å²) in [5, 5.41) is 13.0. The lowest BCUT2D eigenvalue weighted by Gasteiger charge is -2.24. The Morgan fingerprint density at radius 2 is 2.29 bits per heavy atom. The maximum absolute atomic E-state index is 12.2. The second-order valence-electron chi connectivity index (χ2n) is 4.19. The highest BCUT2D eigenvalue weighted by atomic mass is 16.4. The van der Waals surface area contributed by atoms with Gasteiger partial charge >= 0.3 is 5.97 Å². The molecule has 1 aliphatic rings. The van der Waals surface area contributed by atoms with Gasteiger partial charge in [0.15, 0.2) is 0 Å². The molecule has 2 heterocycles. The SMILES string of the molecule is CC(C(=O)N1CCCC1C(=O)O)n1cccn1. The summed E-state index contributed by atoms with van der Waals surface area (Å²) in [4.78, 5) is 24.6. The van der Waals surface area contributed by atoms with E-state index in [2.05, 4.69) is 5.10 Å². The van der Waals surface area contributed by atoms with Crippen LogP contribution >= 0.6 is 0 Å². The predicted octanol–water partition coefficient (Wildman–Crippen LogP) is 0.520. The van der Waals surface area contributed by atoms with Crippen LogP contribution in [0.1, 0.15) is 25.8 Å². The maximum atomic E-state index is 12.2. The van der Waals surface area contributed by atoms with Crippen LogP contribution in [0.25, 0.3) is 0 Å². The van der Waals surface area contributed by atoms with E-state index in [1.807, 2.05) is 0 Å². The molecule has 1 fully saturated rings. The number of carboxylic acid groups (broad SMARTS) is 1. The first-order valence-electron chi connectivity index (χ1n) is 5.63. The highest BCUT2D eigenvalue weighted by molar-refractivity contribution is 5.86. The Balaban J connectivity index is 2.12. The van der Waals surface area contributed by atoms with Gasteiger partial charge in [-0.1, -0.05) is 0 Å². The van der Waals surface area contributed by atoms with Crippen molar-refractivity contribution in [3.63, 3.8) is 0 Å². The molecule has 1 aromatic heterocycles. The van der Waals surface area contributed by atoms with E-state index in [4.69, 9.17) is 5.11 Å². The summed E-state index contributed by atoms with van der Waals surface area (Å²) in [5.41, 5.74) is 0. The number of carbonyl (C=O) groups is 2. The minimum absolute atomic E-state index is 0.182. The van der Waals surface area contributed by atoms with Gasteiger partial charge in [0, 0.05) is 18.9 Å². The molecule has 17 heavy (non-hydrogen) atoms. The molecule has 1 aromatic rings. The Morgan fingerprint density at radius 3 is 2.88 bits per heavy atom. The van der Waals surface area contributed by atoms with Crippen molar-refractivity contribution in [3.05, 3.63) is 18.5 Å². The van der Waals surface area contributed by atoms with E-state index < -0.39 is 18.1 Å². The molecule has 6 nitrogen and oxygen atoms in total. The number of hydrogen-bond donors (Lipinski definition) is 1. The van der Waals surface area contributed by atoms with E-state index >= 15 is 0 Å². The van der Waals surface area contributed by atoms with E-state index in [1.54, 1.807) is 30.1 Å². The molecule has 0 aliphatic carbocycles. The van der Waals surface area contributed by atoms with Crippen molar-refractivity contribution < 1.29 is 14.7 Å². The zero-order valence-electron chi connectivity index (χ0n) is 9.61. The molecule has 92 valence electrons. The first kappa shape index (κ1) is 11.6. The monoisotopic (exact) mass is 237 g/mol. The number of carbonyl (C=O) groups excluding carboxylic acids is 1. The molecule has 2 rings (SSSR count). The van der Waals surface area contributed by atoms with Crippen LogP contribution in [0.5, 0.6) is 0 Å². The van der Waals surface area contributed by atoms with E-state index in [1.165, 1.54) is 4.90 Å². The highest BCUT2D eigenvalue weighted by Gasteiger charge is 2.36. The Labute approximate surface area is 98.8 Å². The molecular formula is C11H15N3O3. The van der Waals surface area contributed by atoms with Gasteiger partial charge in [-0.3, -0.25) is 9.48 Å². The Morgan fingerprint density at radius 1 is 1.53 bits per heavy atom. The third kappa shape index (κ3) is 2.15. The van der Waals surface area contributed by atoms with Gasteiger partial charge in [0.1, 0.15) is 12.1 Å². The van der Waals surface area contributed by atoms with E-state index in [-0.39, 0.29) is 5.91 Å². The van der Waals surface area contributed by atoms with E-state index in [9.17, 15) is 9.59 Å². The topological polar surface area (TPSA) is 75.4 Å². The average molecular weight is 237 g/mol. The second-order valence-corrected chi connectivity index (χ2v) is 4.19. The summed E-state index contributed by atoms with van der Waals surface area (Å²) >= 11 is 0. The lowest BCUT2D eigenvalue weighted by Crippen LogP contribution is -2.43. The normalized spacial score (nSPS) is 21.5. The molecule has 0 bridgehead atoms. The fourth-order valence-electron chi connectivity index (χ4n) is 2.15. The van der Waals surface area contributed by atoms with Gasteiger partial charge in [0.2, 0.25) is 5.91 Å². The van der Waals surface area contributed by atoms with Crippen LogP contribution in [-0.2, 0) is 9.59 Å². The van der Waals surface area contributed by atoms with Gasteiger partial charge in [0.25, 0.3) is 0 Å². The number of amides is 1. The average Bonchev–Trinajstić information content (AvgIpc) is 2.97. The maximum Gasteiger partial charge on any atom is 0.326 e. The van der Waals surface area contributed by atoms with Gasteiger partial charge in [-0.15, -0.1) is 0 Å². The summed E-state index contributed by atoms with van der Waals surface area (Å²) in [7, 11) is 0. The number of carboxylic acids is 1. The van der Waals surface area contributed by atoms with Crippen LogP contribution in [-0.4, -0.2) is 44.3 Å². The summed E-state index contributed by atoms with van der Waals surface area (Å²) in [6, 6.07) is 0.605. The van der Waals surface area contributed by atoms with Gasteiger partial charge in [0.05, 0.1) is 0 Å². The third-order valence-electron chi connectivity index (χ3n) is 3.10. The molecule has 0 radical (unpaired) electrons. The quantitative estimate of drug-likeness (QED) is 0.831. The molecule has 0 aromatic carbocycles. The van der Waals surface area contributed by atoms with Crippen molar-refractivity contribution in [2.75, 3.05) is 6.54 Å². The minimum Gasteiger partial charge on any atom is -0.480 e. The summed E-state index contributed by atoms with van der Waals surface area (Å²) < 4.78 is 1.54. The molecule has 1 N–H and O–H groups in total. The molecule has 0 saturated carbocycles. The summed E-state index contributed by atoms with van der Waals surface area (Å²) in [6.07, 6.45) is 4.58. The first-order chi connectivity index (χ1) is 8.11. The van der Waals surface area contributed by atoms with Crippen molar-refractivity contribution in [2.24, 2.45) is 0 Å². The molecule has 2 atom stereocenters. The van der Waals surface area contributed by atoms with Crippen LogP contribution in [0.2, 0.25) is 0 Å². The lowest BCUT2D eigenvalue weighted by molar-refractivity contribution is -0.149. The van der Waals surface area contributed by atoms with Crippen molar-refractivity contribution in [1.82, 2.24) is 14.7 Å². The number of rotatable bonds is 3. The van der Waals surface area contributed by atoms with Crippen molar-refractivity contribution in [3.8, 4) is 0 Å². The fourth-order valence-corrected chi connectivity index (χ4v) is 2.15. The Bertz CT molecular complexity index is 416. The second kappa shape index (κ2) is 4.57. The third-order valence-corrected chi connectivity index (χ3v) is 3.10. The summed E-state index contributed by atoms with van der Waals surface area (Å²) in [5.74, 6) is -1.11. The van der Waals surface area contributed by atoms with E-state index in [0.717, 1.165) is 6.42 Å². The molecule has 1 amide bonds. The molecule has 0 spiro atoms. The molecule has 2 unspecified atom stereocenters. The summed E-state index contributed by atoms with van der Waals surface area (Å²) in [6.45, 7) is 2.24. The highest BCUT2D eigenvalue weighted by Crippen LogP contribution is 2.21. The largest absolute Gasteiger partial charge is 0.480 e. The van der Waals surface area contributed by atoms with Crippen LogP contribution in [0.15, 0.2) is 18.5 Å². The van der Waals surface area contributed by atoms with Gasteiger partial charge < -0.3 is 10.0 Å². The van der Waals surface area contributed by atoms with Crippen molar-refractivity contribution >= 4 is 11.9 Å². The van der Waals surface area contributed by atoms with Gasteiger partial charge in [-0.25, -0.2) is 4.79 Å². The number of aromatic nitrogens is 2. The van der Waals surface area contributed by atoms with Crippen molar-refractivity contribution in [1.29, 1.82) is 0 Å². The molecule has 1 aliphatic heterocycles. The Hall–Kier alpha value is -1.85. The van der Waals surface area contributed by atoms with Crippen LogP contribution < -0.4 is 0 Å². The van der Waals surface area contributed by atoms with Crippen LogP contribution in [0.4, 0.5) is 0 Å².